The Morgan fingerprint density at radius 1 is 1.52 bits per heavy atom. The zero-order valence-electron chi connectivity index (χ0n) is 12.4. The van der Waals surface area contributed by atoms with Crippen LogP contribution in [0.3, 0.4) is 0 Å². The van der Waals surface area contributed by atoms with E-state index in [9.17, 15) is 4.79 Å². The first-order valence-electron chi connectivity index (χ1n) is 7.48. The van der Waals surface area contributed by atoms with Crippen molar-refractivity contribution in [1.29, 1.82) is 0 Å². The lowest BCUT2D eigenvalue weighted by molar-refractivity contribution is -0.124. The van der Waals surface area contributed by atoms with Gasteiger partial charge in [0, 0.05) is 25.8 Å². The number of ether oxygens (including phenoxy) is 1. The van der Waals surface area contributed by atoms with Crippen LogP contribution in [0.15, 0.2) is 16.9 Å². The van der Waals surface area contributed by atoms with E-state index in [0.29, 0.717) is 6.54 Å². The molecule has 0 saturated carbocycles. The monoisotopic (exact) mass is 358 g/mol. The Hall–Kier alpha value is -0.920. The second kappa shape index (κ2) is 8.51. The lowest BCUT2D eigenvalue weighted by Gasteiger charge is -2.26. The SMILES string of the molecule is CCC(C(=O)NCCCN1CCOCC1)n1cc(Br)cn1. The second-order valence-electron chi connectivity index (χ2n) is 5.16. The van der Waals surface area contributed by atoms with E-state index in [4.69, 9.17) is 4.74 Å². The Kier molecular flexibility index (Phi) is 6.66. The molecule has 1 unspecified atom stereocenters. The molecular formula is C14H23BrN4O2. The Balaban J connectivity index is 1.70. The summed E-state index contributed by atoms with van der Waals surface area (Å²) in [6, 6.07) is -0.236. The van der Waals surface area contributed by atoms with Crippen molar-refractivity contribution in [3.63, 3.8) is 0 Å². The lowest BCUT2D eigenvalue weighted by atomic mass is 10.2. The highest BCUT2D eigenvalue weighted by Gasteiger charge is 2.18. The zero-order chi connectivity index (χ0) is 15.1. The van der Waals surface area contributed by atoms with Gasteiger partial charge < -0.3 is 10.1 Å². The normalized spacial score (nSPS) is 17.6. The molecule has 2 heterocycles. The molecule has 1 aromatic heterocycles. The Morgan fingerprint density at radius 2 is 2.29 bits per heavy atom. The summed E-state index contributed by atoms with van der Waals surface area (Å²) in [5.74, 6) is 0.0371. The molecule has 1 saturated heterocycles. The van der Waals surface area contributed by atoms with Crippen LogP contribution in [0.5, 0.6) is 0 Å². The number of amides is 1. The van der Waals surface area contributed by atoms with Crippen LogP contribution < -0.4 is 5.32 Å². The number of hydrogen-bond acceptors (Lipinski definition) is 4. The standard InChI is InChI=1S/C14H23BrN4O2/c1-2-13(19-11-12(15)10-17-19)14(20)16-4-3-5-18-6-8-21-9-7-18/h10-11,13H,2-9H2,1H3,(H,16,20). The van der Waals surface area contributed by atoms with Gasteiger partial charge in [-0.05, 0) is 35.3 Å². The molecule has 1 amide bonds. The lowest BCUT2D eigenvalue weighted by Crippen LogP contribution is -2.39. The van der Waals surface area contributed by atoms with Gasteiger partial charge in [-0.25, -0.2) is 0 Å². The molecule has 1 atom stereocenters. The highest BCUT2D eigenvalue weighted by molar-refractivity contribution is 9.10. The highest BCUT2D eigenvalue weighted by Crippen LogP contribution is 2.14. The minimum atomic E-state index is -0.236. The molecule has 2 rings (SSSR count). The van der Waals surface area contributed by atoms with Crippen LogP contribution in [0, 0.1) is 0 Å². The number of nitrogens with one attached hydrogen (secondary N) is 1. The van der Waals surface area contributed by atoms with Crippen LogP contribution >= 0.6 is 15.9 Å². The molecule has 0 aliphatic carbocycles. The largest absolute Gasteiger partial charge is 0.379 e. The van der Waals surface area contributed by atoms with Crippen molar-refractivity contribution in [2.75, 3.05) is 39.4 Å². The third kappa shape index (κ3) is 5.09. The van der Waals surface area contributed by atoms with Crippen molar-refractivity contribution < 1.29 is 9.53 Å². The van der Waals surface area contributed by atoms with Crippen molar-refractivity contribution in [3.05, 3.63) is 16.9 Å². The van der Waals surface area contributed by atoms with E-state index >= 15 is 0 Å². The molecule has 0 spiro atoms. The molecule has 6 nitrogen and oxygen atoms in total. The van der Waals surface area contributed by atoms with Crippen molar-refractivity contribution in [2.24, 2.45) is 0 Å². The number of carbonyl (C=O) groups excluding carboxylic acids is 1. The number of nitrogens with zero attached hydrogens (tertiary/aromatic N) is 3. The fourth-order valence-corrected chi connectivity index (χ4v) is 2.74. The number of aromatic nitrogens is 2. The van der Waals surface area contributed by atoms with Gasteiger partial charge in [0.2, 0.25) is 5.91 Å². The number of carbonyl (C=O) groups is 1. The summed E-state index contributed by atoms with van der Waals surface area (Å²) >= 11 is 3.36. The minimum absolute atomic E-state index is 0.0371. The van der Waals surface area contributed by atoms with Crippen LogP contribution in [-0.4, -0.2) is 60.0 Å². The summed E-state index contributed by atoms with van der Waals surface area (Å²) in [5, 5.41) is 7.20. The van der Waals surface area contributed by atoms with Crippen molar-refractivity contribution >= 4 is 21.8 Å². The van der Waals surface area contributed by atoms with Crippen LogP contribution in [0.4, 0.5) is 0 Å². The average molecular weight is 359 g/mol. The van der Waals surface area contributed by atoms with Crippen LogP contribution in [0.2, 0.25) is 0 Å². The van der Waals surface area contributed by atoms with E-state index in [1.54, 1.807) is 10.9 Å². The number of rotatable bonds is 7. The van der Waals surface area contributed by atoms with Crippen LogP contribution in [-0.2, 0) is 9.53 Å². The fraction of sp³-hybridized carbons (Fsp3) is 0.714. The maximum absolute atomic E-state index is 12.2. The third-order valence-electron chi connectivity index (χ3n) is 3.63. The predicted octanol–water partition coefficient (Wildman–Crippen LogP) is 1.44. The maximum atomic E-state index is 12.2. The summed E-state index contributed by atoms with van der Waals surface area (Å²) in [6.07, 6.45) is 5.23. The summed E-state index contributed by atoms with van der Waals surface area (Å²) in [6.45, 7) is 7.33. The molecule has 118 valence electrons. The molecule has 1 aliphatic rings. The van der Waals surface area contributed by atoms with Gasteiger partial charge in [0.25, 0.3) is 0 Å². The number of halogens is 1. The minimum Gasteiger partial charge on any atom is -0.379 e. The second-order valence-corrected chi connectivity index (χ2v) is 6.08. The van der Waals surface area contributed by atoms with Crippen molar-refractivity contribution in [2.45, 2.75) is 25.8 Å². The van der Waals surface area contributed by atoms with E-state index < -0.39 is 0 Å². The smallest absolute Gasteiger partial charge is 0.244 e. The Labute approximate surface area is 133 Å². The van der Waals surface area contributed by atoms with Crippen molar-refractivity contribution in [3.8, 4) is 0 Å². The van der Waals surface area contributed by atoms with E-state index in [1.165, 1.54) is 0 Å². The molecule has 0 aromatic carbocycles. The van der Waals surface area contributed by atoms with E-state index in [1.807, 2.05) is 13.1 Å². The average Bonchev–Trinajstić information content (AvgIpc) is 2.92. The number of hydrogen-bond donors (Lipinski definition) is 1. The zero-order valence-corrected chi connectivity index (χ0v) is 14.0. The number of morpholine rings is 1. The molecule has 1 fully saturated rings. The summed E-state index contributed by atoms with van der Waals surface area (Å²) in [7, 11) is 0. The van der Waals surface area contributed by atoms with Crippen molar-refractivity contribution in [1.82, 2.24) is 20.0 Å². The summed E-state index contributed by atoms with van der Waals surface area (Å²) in [5.41, 5.74) is 0. The molecule has 0 radical (unpaired) electrons. The van der Waals surface area contributed by atoms with E-state index in [0.717, 1.165) is 50.2 Å². The van der Waals surface area contributed by atoms with Gasteiger partial charge >= 0.3 is 0 Å². The highest BCUT2D eigenvalue weighted by atomic mass is 79.9. The van der Waals surface area contributed by atoms with Gasteiger partial charge in [-0.1, -0.05) is 6.92 Å². The molecule has 1 N–H and O–H groups in total. The van der Waals surface area contributed by atoms with Crippen LogP contribution in [0.1, 0.15) is 25.8 Å². The van der Waals surface area contributed by atoms with Gasteiger partial charge in [0.1, 0.15) is 6.04 Å². The predicted molar refractivity (Wildman–Crippen MR) is 84.1 cm³/mol. The van der Waals surface area contributed by atoms with E-state index in [-0.39, 0.29) is 11.9 Å². The quantitative estimate of drug-likeness (QED) is 0.749. The Bertz CT molecular complexity index is 446. The first-order chi connectivity index (χ1) is 10.2. The maximum Gasteiger partial charge on any atom is 0.244 e. The molecule has 21 heavy (non-hydrogen) atoms. The van der Waals surface area contributed by atoms with Gasteiger partial charge in [-0.2, -0.15) is 5.10 Å². The molecule has 0 bridgehead atoms. The molecule has 7 heteroatoms. The van der Waals surface area contributed by atoms with Crippen LogP contribution in [0.25, 0.3) is 0 Å². The topological polar surface area (TPSA) is 59.4 Å². The van der Waals surface area contributed by atoms with Gasteiger partial charge in [-0.3, -0.25) is 14.4 Å². The third-order valence-corrected chi connectivity index (χ3v) is 4.04. The molecular weight excluding hydrogens is 336 g/mol. The van der Waals surface area contributed by atoms with E-state index in [2.05, 4.69) is 31.2 Å². The molecule has 1 aromatic rings. The summed E-state index contributed by atoms with van der Waals surface area (Å²) in [4.78, 5) is 14.6. The Morgan fingerprint density at radius 3 is 2.90 bits per heavy atom. The first-order valence-corrected chi connectivity index (χ1v) is 8.27. The summed E-state index contributed by atoms with van der Waals surface area (Å²) < 4.78 is 7.92. The van der Waals surface area contributed by atoms with Gasteiger partial charge in [0.15, 0.2) is 0 Å². The fourth-order valence-electron chi connectivity index (χ4n) is 2.43. The first kappa shape index (κ1) is 16.5. The van der Waals surface area contributed by atoms with Gasteiger partial charge in [-0.15, -0.1) is 0 Å². The van der Waals surface area contributed by atoms with Gasteiger partial charge in [0.05, 0.1) is 23.9 Å². The molecule has 1 aliphatic heterocycles.